The normalized spacial score (nSPS) is 11.7. The molecule has 0 bridgehead atoms. The summed E-state index contributed by atoms with van der Waals surface area (Å²) in [6, 6.07) is 17.3. The van der Waals surface area contributed by atoms with Gasteiger partial charge in [-0.3, -0.25) is 19.0 Å². The number of nitriles is 1. The molecule has 3 rings (SSSR count). The molecule has 0 saturated carbocycles. The van der Waals surface area contributed by atoms with Gasteiger partial charge in [0.2, 0.25) is 0 Å². The second-order valence-corrected chi connectivity index (χ2v) is 13.2. The minimum atomic E-state index is -1.70. The average Bonchev–Trinajstić information content (AvgIpc) is 3.08. The molecule has 9 nitrogen and oxygen atoms in total. The minimum Gasteiger partial charge on any atom is -0.379 e. The Morgan fingerprint density at radius 3 is 2.04 bits per heavy atom. The van der Waals surface area contributed by atoms with Crippen LogP contribution in [-0.4, -0.2) is 60.0 Å². The van der Waals surface area contributed by atoms with Crippen molar-refractivity contribution in [1.29, 1.82) is 5.26 Å². The monoisotopic (exact) mass is 676 g/mol. The van der Waals surface area contributed by atoms with Crippen LogP contribution in [0.3, 0.4) is 0 Å². The van der Waals surface area contributed by atoms with Gasteiger partial charge in [0.1, 0.15) is 5.78 Å². The zero-order chi connectivity index (χ0) is 34.7. The lowest BCUT2D eigenvalue weighted by atomic mass is 10.1. The van der Waals surface area contributed by atoms with Crippen molar-refractivity contribution in [2.75, 3.05) is 39.6 Å². The number of hydrogen-bond acceptors (Lipinski definition) is 8. The van der Waals surface area contributed by atoms with E-state index in [1.165, 1.54) is 23.5 Å². The van der Waals surface area contributed by atoms with E-state index in [1.807, 2.05) is 25.1 Å². The van der Waals surface area contributed by atoms with Crippen LogP contribution in [0.25, 0.3) is 5.69 Å². The Bertz CT molecular complexity index is 1610. The predicted octanol–water partition coefficient (Wildman–Crippen LogP) is 6.83. The smallest absolute Gasteiger partial charge is 0.266 e. The molecular formula is C38H48N2O7S. The molecule has 1 heterocycles. The summed E-state index contributed by atoms with van der Waals surface area (Å²) in [6.07, 6.45) is 6.91. The van der Waals surface area contributed by atoms with Gasteiger partial charge in [-0.2, -0.15) is 5.26 Å². The second-order valence-electron chi connectivity index (χ2n) is 11.7. The number of ketones is 2. The lowest BCUT2D eigenvalue weighted by Gasteiger charge is -2.17. The van der Waals surface area contributed by atoms with E-state index in [0.717, 1.165) is 24.8 Å². The maximum atomic E-state index is 13.7. The molecule has 0 saturated heterocycles. The number of hydrogen-bond donors (Lipinski definition) is 0. The van der Waals surface area contributed by atoms with Gasteiger partial charge in [-0.1, -0.05) is 38.3 Å². The van der Waals surface area contributed by atoms with E-state index in [1.54, 1.807) is 37.3 Å². The molecule has 10 heteroatoms. The van der Waals surface area contributed by atoms with E-state index < -0.39 is 16.4 Å². The van der Waals surface area contributed by atoms with E-state index in [0.29, 0.717) is 91.4 Å². The van der Waals surface area contributed by atoms with E-state index in [-0.39, 0.29) is 17.8 Å². The fraction of sp³-hybridized carbons (Fsp3) is 0.474. The summed E-state index contributed by atoms with van der Waals surface area (Å²) < 4.78 is 31.9. The first-order valence-corrected chi connectivity index (χ1v) is 18.0. The number of aryl methyl sites for hydroxylation is 1. The standard InChI is InChI=1S/C38H48N2O7S/c1-4-5-6-7-13-33(41)14-9-20-45-22-24-47-25-23-46-21-10-15-36(42)35-27-37(48(44)34-18-16-31(28-39)17-19-34)30(3)40(38(35)43)32-12-8-11-29(2)26-32/h8,11-12,16-19,26-27H,4-7,9-10,13-15,20-25H2,1-3H3. The molecule has 2 aromatic carbocycles. The number of nitrogens with zero attached hydrogens (tertiary/aromatic N) is 2. The van der Waals surface area contributed by atoms with Gasteiger partial charge in [-0.05, 0) is 81.1 Å². The number of ether oxygens (including phenoxy) is 3. The fourth-order valence-electron chi connectivity index (χ4n) is 5.18. The third-order valence-corrected chi connectivity index (χ3v) is 9.36. The Balaban J connectivity index is 1.47. The summed E-state index contributed by atoms with van der Waals surface area (Å²) in [5, 5.41) is 9.14. The Morgan fingerprint density at radius 2 is 1.42 bits per heavy atom. The molecule has 0 aliphatic rings. The summed E-state index contributed by atoms with van der Waals surface area (Å²) in [5.41, 5.74) is 1.95. The van der Waals surface area contributed by atoms with Crippen LogP contribution < -0.4 is 5.56 Å². The van der Waals surface area contributed by atoms with Crippen LogP contribution in [-0.2, 0) is 29.8 Å². The van der Waals surface area contributed by atoms with Gasteiger partial charge in [-0.25, -0.2) is 4.21 Å². The van der Waals surface area contributed by atoms with Gasteiger partial charge in [0.25, 0.3) is 5.56 Å². The number of Topliss-reactive ketones (excluding diaryl/α,β-unsaturated/α-hetero) is 2. The minimum absolute atomic E-state index is 0.0289. The van der Waals surface area contributed by atoms with Crippen molar-refractivity contribution < 1.29 is 28.0 Å². The van der Waals surface area contributed by atoms with Crippen LogP contribution in [0.4, 0.5) is 0 Å². The van der Waals surface area contributed by atoms with Gasteiger partial charge in [0.15, 0.2) is 5.78 Å². The molecule has 48 heavy (non-hydrogen) atoms. The first-order valence-electron chi connectivity index (χ1n) is 16.8. The van der Waals surface area contributed by atoms with E-state index >= 15 is 0 Å². The van der Waals surface area contributed by atoms with Crippen molar-refractivity contribution in [2.45, 2.75) is 88.3 Å². The van der Waals surface area contributed by atoms with E-state index in [4.69, 9.17) is 19.5 Å². The van der Waals surface area contributed by atoms with Gasteiger partial charge in [0.05, 0.1) is 59.3 Å². The number of aromatic nitrogens is 1. The quantitative estimate of drug-likeness (QED) is 0.0791. The molecule has 0 aliphatic carbocycles. The number of pyridine rings is 1. The van der Waals surface area contributed by atoms with Crippen molar-refractivity contribution in [3.05, 3.63) is 87.3 Å². The number of benzene rings is 2. The number of unbranched alkanes of at least 4 members (excludes halogenated alkanes) is 3. The Morgan fingerprint density at radius 1 is 0.792 bits per heavy atom. The molecule has 3 aromatic rings. The first kappa shape index (κ1) is 38.7. The predicted molar refractivity (Wildman–Crippen MR) is 186 cm³/mol. The zero-order valence-corrected chi connectivity index (χ0v) is 29.3. The number of carbonyl (C=O) groups excluding carboxylic acids is 2. The van der Waals surface area contributed by atoms with Crippen LogP contribution in [0.1, 0.15) is 91.9 Å². The van der Waals surface area contributed by atoms with Gasteiger partial charge in [-0.15, -0.1) is 0 Å². The van der Waals surface area contributed by atoms with Gasteiger partial charge >= 0.3 is 0 Å². The van der Waals surface area contributed by atoms with Crippen molar-refractivity contribution in [1.82, 2.24) is 4.57 Å². The summed E-state index contributed by atoms with van der Waals surface area (Å²) >= 11 is 0. The molecule has 0 amide bonds. The summed E-state index contributed by atoms with van der Waals surface area (Å²) in [7, 11) is -1.70. The maximum absolute atomic E-state index is 13.7. The molecule has 0 aliphatic heterocycles. The highest BCUT2D eigenvalue weighted by molar-refractivity contribution is 7.85. The highest BCUT2D eigenvalue weighted by Gasteiger charge is 2.22. The molecule has 258 valence electrons. The number of rotatable bonds is 23. The molecule has 1 unspecified atom stereocenters. The fourth-order valence-corrected chi connectivity index (χ4v) is 6.40. The molecule has 0 spiro atoms. The first-order chi connectivity index (χ1) is 23.3. The molecule has 1 aromatic heterocycles. The summed E-state index contributed by atoms with van der Waals surface area (Å²) in [4.78, 5) is 39.7. The van der Waals surface area contributed by atoms with Crippen LogP contribution in [0.15, 0.2) is 69.2 Å². The maximum Gasteiger partial charge on any atom is 0.266 e. The third kappa shape index (κ3) is 12.4. The van der Waals surface area contributed by atoms with Gasteiger partial charge < -0.3 is 14.2 Å². The summed E-state index contributed by atoms with van der Waals surface area (Å²) in [5.74, 6) is -0.0430. The third-order valence-electron chi connectivity index (χ3n) is 7.85. The van der Waals surface area contributed by atoms with Crippen molar-refractivity contribution in [3.63, 3.8) is 0 Å². The largest absolute Gasteiger partial charge is 0.379 e. The van der Waals surface area contributed by atoms with Crippen molar-refractivity contribution in [3.8, 4) is 11.8 Å². The average molecular weight is 677 g/mol. The van der Waals surface area contributed by atoms with Crippen LogP contribution in [0, 0.1) is 25.2 Å². The Hall–Kier alpha value is -3.75. The van der Waals surface area contributed by atoms with Crippen molar-refractivity contribution in [2.24, 2.45) is 0 Å². The van der Waals surface area contributed by atoms with Crippen LogP contribution >= 0.6 is 0 Å². The van der Waals surface area contributed by atoms with Gasteiger partial charge in [0, 0.05) is 48.8 Å². The Labute approximate surface area is 286 Å². The SMILES string of the molecule is CCCCCCC(=O)CCCOCCOCCOCCCC(=O)c1cc(S(=O)c2ccc(C#N)cc2)c(C)n(-c2cccc(C)c2)c1=O. The number of carbonyl (C=O) groups is 2. The topological polar surface area (TPSA) is 125 Å². The van der Waals surface area contributed by atoms with Crippen LogP contribution in [0.2, 0.25) is 0 Å². The molecule has 1 atom stereocenters. The van der Waals surface area contributed by atoms with E-state index in [2.05, 4.69) is 13.0 Å². The molecule has 0 N–H and O–H groups in total. The second kappa shape index (κ2) is 21.3. The lowest BCUT2D eigenvalue weighted by Crippen LogP contribution is -2.28. The highest BCUT2D eigenvalue weighted by atomic mass is 32.2. The zero-order valence-electron chi connectivity index (χ0n) is 28.5. The molecule has 0 radical (unpaired) electrons. The van der Waals surface area contributed by atoms with Crippen molar-refractivity contribution >= 4 is 22.4 Å². The summed E-state index contributed by atoms with van der Waals surface area (Å²) in [6.45, 7) is 8.28. The highest BCUT2D eigenvalue weighted by Crippen LogP contribution is 2.23. The molecule has 0 fully saturated rings. The van der Waals surface area contributed by atoms with E-state index in [9.17, 15) is 18.6 Å². The lowest BCUT2D eigenvalue weighted by molar-refractivity contribution is -0.119. The Kier molecular flexibility index (Phi) is 17.1. The van der Waals surface area contributed by atoms with Crippen LogP contribution in [0.5, 0.6) is 0 Å². The molecular weight excluding hydrogens is 628 g/mol.